The van der Waals surface area contributed by atoms with Crippen molar-refractivity contribution in [3.05, 3.63) is 22.6 Å². The second-order valence-corrected chi connectivity index (χ2v) is 11.1. The number of aromatic nitrogens is 2. The first-order valence-corrected chi connectivity index (χ1v) is 10.9. The monoisotopic (exact) mass is 340 g/mol. The lowest BCUT2D eigenvalue weighted by Crippen LogP contribution is -2.45. The molecule has 2 aliphatic rings. The maximum Gasteiger partial charge on any atom is 0.302 e. The first-order valence-electron chi connectivity index (χ1n) is 7.47. The van der Waals surface area contributed by atoms with Crippen molar-refractivity contribution in [3.8, 4) is 6.01 Å². The van der Waals surface area contributed by atoms with Gasteiger partial charge in [-0.05, 0) is 19.6 Å². The average Bonchev–Trinajstić information content (AvgIpc) is 2.91. The summed E-state index contributed by atoms with van der Waals surface area (Å²) in [7, 11) is -1.89. The van der Waals surface area contributed by atoms with Crippen molar-refractivity contribution >= 4 is 14.3 Å². The smallest absolute Gasteiger partial charge is 0.302 e. The molecule has 0 aliphatic carbocycles. The zero-order valence-electron chi connectivity index (χ0n) is 13.5. The Morgan fingerprint density at radius 3 is 2.83 bits per heavy atom. The predicted molar refractivity (Wildman–Crippen MR) is 81.7 cm³/mol. The summed E-state index contributed by atoms with van der Waals surface area (Å²) >= 11 is 0. The van der Waals surface area contributed by atoms with Crippen LogP contribution >= 0.6 is 0 Å². The van der Waals surface area contributed by atoms with Gasteiger partial charge >= 0.3 is 12.0 Å². The number of hydrogen-bond donors (Lipinski definition) is 0. The van der Waals surface area contributed by atoms with Gasteiger partial charge in [0, 0.05) is 19.2 Å². The normalized spacial score (nSPS) is 28.9. The Labute approximate surface area is 134 Å². The van der Waals surface area contributed by atoms with Gasteiger partial charge in [-0.2, -0.15) is 4.98 Å². The van der Waals surface area contributed by atoms with E-state index in [1.807, 2.05) is 0 Å². The first kappa shape index (κ1) is 16.2. The Hall–Kier alpha value is -1.71. The summed E-state index contributed by atoms with van der Waals surface area (Å²) in [6, 6.07) is 1.58. The van der Waals surface area contributed by atoms with Crippen molar-refractivity contribution in [3.63, 3.8) is 0 Å². The molecule has 9 heteroatoms. The van der Waals surface area contributed by atoms with Crippen molar-refractivity contribution in [2.45, 2.75) is 51.1 Å². The number of nitrogens with zero attached hydrogens (tertiary/aromatic N) is 2. The molecular formula is C14H20N2O6Si. The highest BCUT2D eigenvalue weighted by Gasteiger charge is 2.53. The molecule has 2 aliphatic heterocycles. The van der Waals surface area contributed by atoms with Crippen LogP contribution < -0.4 is 10.3 Å². The van der Waals surface area contributed by atoms with Crippen LogP contribution in [-0.2, 0) is 18.7 Å². The summed E-state index contributed by atoms with van der Waals surface area (Å²) in [5.74, 6) is -0.371. The molecule has 0 saturated carbocycles. The number of carbonyl (C=O) groups excluding carboxylic acids is 1. The van der Waals surface area contributed by atoms with E-state index in [0.29, 0.717) is 0 Å². The summed E-state index contributed by atoms with van der Waals surface area (Å²) in [5, 5.41) is 0. The number of fused-ring (bicyclic) bond motifs is 3. The Balaban J connectivity index is 1.85. The van der Waals surface area contributed by atoms with Gasteiger partial charge in [-0.1, -0.05) is 0 Å². The largest absolute Gasteiger partial charge is 0.463 e. The third-order valence-corrected chi connectivity index (χ3v) is 4.53. The van der Waals surface area contributed by atoms with Crippen molar-refractivity contribution in [2.24, 2.45) is 0 Å². The Kier molecular flexibility index (Phi) is 4.03. The van der Waals surface area contributed by atoms with E-state index in [0.717, 1.165) is 0 Å². The molecule has 0 N–H and O–H groups in total. The maximum absolute atomic E-state index is 11.4. The molecule has 0 radical (unpaired) electrons. The average molecular weight is 340 g/mol. The SMILES string of the molecule is CC(=O)OC[C@H]1O[C@@H]2[C@@H](Oc3nc(=O)ccn32)[C@@H]1O[Si](C)(C)C. The molecule has 1 saturated heterocycles. The topological polar surface area (TPSA) is 88.9 Å². The van der Waals surface area contributed by atoms with Gasteiger partial charge in [-0.25, -0.2) is 0 Å². The molecule has 4 atom stereocenters. The number of hydrogen-bond acceptors (Lipinski definition) is 7. The van der Waals surface area contributed by atoms with E-state index < -0.39 is 26.8 Å². The molecule has 0 aromatic carbocycles. The molecule has 0 bridgehead atoms. The van der Waals surface area contributed by atoms with E-state index in [1.54, 1.807) is 10.8 Å². The molecule has 0 spiro atoms. The summed E-state index contributed by atoms with van der Waals surface area (Å²) in [6.45, 7) is 7.64. The zero-order chi connectivity index (χ0) is 16.8. The van der Waals surface area contributed by atoms with Gasteiger partial charge in [0.25, 0.3) is 5.56 Å². The van der Waals surface area contributed by atoms with Crippen LogP contribution in [0.4, 0.5) is 0 Å². The van der Waals surface area contributed by atoms with E-state index in [2.05, 4.69) is 24.6 Å². The van der Waals surface area contributed by atoms with Crippen molar-refractivity contribution in [1.29, 1.82) is 0 Å². The van der Waals surface area contributed by atoms with Crippen LogP contribution in [-0.4, -0.2) is 48.8 Å². The van der Waals surface area contributed by atoms with Gasteiger partial charge in [-0.3, -0.25) is 14.2 Å². The Bertz CT molecular complexity index is 670. The fraction of sp³-hybridized carbons (Fsp3) is 0.643. The molecule has 126 valence electrons. The highest BCUT2D eigenvalue weighted by molar-refractivity contribution is 6.69. The van der Waals surface area contributed by atoms with Gasteiger partial charge in [0.05, 0.1) is 0 Å². The summed E-state index contributed by atoms with van der Waals surface area (Å²) in [6.07, 6.45) is -0.0811. The minimum atomic E-state index is -1.89. The zero-order valence-corrected chi connectivity index (χ0v) is 14.5. The second kappa shape index (κ2) is 5.73. The van der Waals surface area contributed by atoms with E-state index in [9.17, 15) is 9.59 Å². The molecule has 8 nitrogen and oxygen atoms in total. The highest BCUT2D eigenvalue weighted by atomic mass is 28.4. The van der Waals surface area contributed by atoms with Crippen molar-refractivity contribution in [1.82, 2.24) is 9.55 Å². The quantitative estimate of drug-likeness (QED) is 0.588. The predicted octanol–water partition coefficient (Wildman–Crippen LogP) is 0.685. The van der Waals surface area contributed by atoms with Crippen LogP contribution in [0.15, 0.2) is 17.1 Å². The summed E-state index contributed by atoms with van der Waals surface area (Å²) in [4.78, 5) is 26.3. The fourth-order valence-electron chi connectivity index (χ4n) is 2.74. The maximum atomic E-state index is 11.4. The molecule has 0 unspecified atom stereocenters. The van der Waals surface area contributed by atoms with Gasteiger partial charge in [-0.15, -0.1) is 0 Å². The van der Waals surface area contributed by atoms with Gasteiger partial charge in [0.2, 0.25) is 0 Å². The summed E-state index contributed by atoms with van der Waals surface area (Å²) < 4.78 is 24.7. The van der Waals surface area contributed by atoms with E-state index >= 15 is 0 Å². The van der Waals surface area contributed by atoms with Crippen LogP contribution in [0.3, 0.4) is 0 Å². The first-order chi connectivity index (χ1) is 10.7. The van der Waals surface area contributed by atoms with Gasteiger partial charge in [0.15, 0.2) is 20.6 Å². The van der Waals surface area contributed by atoms with E-state index in [1.165, 1.54) is 13.0 Å². The second-order valence-electron chi connectivity index (χ2n) is 6.60. The highest BCUT2D eigenvalue weighted by Crippen LogP contribution is 2.41. The third kappa shape index (κ3) is 3.31. The van der Waals surface area contributed by atoms with Crippen LogP contribution in [0.1, 0.15) is 13.2 Å². The van der Waals surface area contributed by atoms with E-state index in [4.69, 9.17) is 18.6 Å². The fourth-order valence-corrected chi connectivity index (χ4v) is 3.84. The molecule has 3 rings (SSSR count). The molecule has 1 aromatic heterocycles. The number of esters is 1. The molecular weight excluding hydrogens is 320 g/mol. The van der Waals surface area contributed by atoms with Gasteiger partial charge in [0.1, 0.15) is 18.8 Å². The summed E-state index contributed by atoms with van der Waals surface area (Å²) in [5.41, 5.74) is -0.365. The lowest BCUT2D eigenvalue weighted by atomic mass is 10.1. The van der Waals surface area contributed by atoms with Crippen molar-refractivity contribution < 1.29 is 23.4 Å². The van der Waals surface area contributed by atoms with Crippen molar-refractivity contribution in [2.75, 3.05) is 6.61 Å². The minimum absolute atomic E-state index is 0.101. The molecule has 1 aromatic rings. The lowest BCUT2D eigenvalue weighted by Gasteiger charge is -2.28. The number of ether oxygens (including phenoxy) is 3. The Morgan fingerprint density at radius 1 is 1.43 bits per heavy atom. The minimum Gasteiger partial charge on any atom is -0.463 e. The molecule has 23 heavy (non-hydrogen) atoms. The molecule has 1 fully saturated rings. The van der Waals surface area contributed by atoms with Crippen LogP contribution in [0.25, 0.3) is 0 Å². The Morgan fingerprint density at radius 2 is 2.17 bits per heavy atom. The standard InChI is InChI=1S/C14H20N2O6Si/c1-8(17)19-7-9-11(22-23(2,3)4)12-13(20-9)16-6-5-10(18)15-14(16)21-12/h5-6,9,11-13H,7H2,1-4H3/t9-,11-,12+,13-/m1/s1. The van der Waals surface area contributed by atoms with E-state index in [-0.39, 0.29) is 30.2 Å². The molecule has 3 heterocycles. The van der Waals surface area contributed by atoms with Gasteiger partial charge < -0.3 is 18.6 Å². The molecule has 0 amide bonds. The number of rotatable bonds is 4. The number of carbonyl (C=O) groups is 1. The third-order valence-electron chi connectivity index (χ3n) is 3.55. The van der Waals surface area contributed by atoms with Crippen LogP contribution in [0.2, 0.25) is 19.6 Å². The lowest BCUT2D eigenvalue weighted by molar-refractivity contribution is -0.147. The van der Waals surface area contributed by atoms with Crippen LogP contribution in [0.5, 0.6) is 6.01 Å². The van der Waals surface area contributed by atoms with Crippen LogP contribution in [0, 0.1) is 0 Å².